The van der Waals surface area contributed by atoms with Gasteiger partial charge in [-0.25, -0.2) is 10.4 Å². The molecule has 1 saturated heterocycles. The fourth-order valence-electron chi connectivity index (χ4n) is 4.76. The Morgan fingerprint density at radius 1 is 1.05 bits per heavy atom. The SMILES string of the molecule is COc1ccc(/C=N/NC(=O)c2cc(-c3ccccc3OC(C)C)nc3ccccc23)cc1CN1CCOCC1. The van der Waals surface area contributed by atoms with Gasteiger partial charge in [-0.1, -0.05) is 30.3 Å². The van der Waals surface area contributed by atoms with Crippen LogP contribution in [0.4, 0.5) is 0 Å². The number of carbonyl (C=O) groups is 1. The van der Waals surface area contributed by atoms with Crippen molar-refractivity contribution in [2.24, 2.45) is 5.10 Å². The summed E-state index contributed by atoms with van der Waals surface area (Å²) in [7, 11) is 1.67. The number of hydrogen-bond acceptors (Lipinski definition) is 7. The van der Waals surface area contributed by atoms with Gasteiger partial charge in [0.1, 0.15) is 11.5 Å². The van der Waals surface area contributed by atoms with Crippen LogP contribution in [0.15, 0.2) is 77.9 Å². The third-order valence-electron chi connectivity index (χ3n) is 6.67. The average Bonchev–Trinajstić information content (AvgIpc) is 2.97. The van der Waals surface area contributed by atoms with E-state index in [2.05, 4.69) is 15.4 Å². The van der Waals surface area contributed by atoms with Gasteiger partial charge in [-0.05, 0) is 61.9 Å². The minimum absolute atomic E-state index is 0.00560. The van der Waals surface area contributed by atoms with Crippen molar-refractivity contribution in [2.75, 3.05) is 33.4 Å². The Morgan fingerprint density at radius 2 is 1.82 bits per heavy atom. The minimum atomic E-state index is -0.319. The minimum Gasteiger partial charge on any atom is -0.496 e. The molecule has 0 spiro atoms. The Kier molecular flexibility index (Phi) is 8.68. The smallest absolute Gasteiger partial charge is 0.272 e. The van der Waals surface area contributed by atoms with Crippen LogP contribution in [-0.4, -0.2) is 61.5 Å². The first-order valence-electron chi connectivity index (χ1n) is 13.5. The first-order chi connectivity index (χ1) is 19.5. The number of para-hydroxylation sites is 2. The topological polar surface area (TPSA) is 85.3 Å². The molecule has 1 aliphatic heterocycles. The highest BCUT2D eigenvalue weighted by Crippen LogP contribution is 2.32. The van der Waals surface area contributed by atoms with E-state index in [-0.39, 0.29) is 12.0 Å². The zero-order valence-electron chi connectivity index (χ0n) is 23.1. The third-order valence-corrected chi connectivity index (χ3v) is 6.67. The van der Waals surface area contributed by atoms with Crippen molar-refractivity contribution in [3.63, 3.8) is 0 Å². The fraction of sp³-hybridized carbons (Fsp3) is 0.281. The molecule has 0 unspecified atom stereocenters. The molecule has 1 aromatic heterocycles. The lowest BCUT2D eigenvalue weighted by Gasteiger charge is -2.27. The predicted octanol–water partition coefficient (Wildman–Crippen LogP) is 5.29. The molecule has 1 N–H and O–H groups in total. The van der Waals surface area contributed by atoms with Crippen molar-refractivity contribution < 1.29 is 19.0 Å². The van der Waals surface area contributed by atoms with E-state index in [4.69, 9.17) is 19.2 Å². The summed E-state index contributed by atoms with van der Waals surface area (Å²) >= 11 is 0. The van der Waals surface area contributed by atoms with E-state index >= 15 is 0 Å². The Bertz CT molecular complexity index is 1510. The molecule has 0 atom stereocenters. The van der Waals surface area contributed by atoms with Crippen molar-refractivity contribution in [1.29, 1.82) is 0 Å². The molecule has 0 saturated carbocycles. The van der Waals surface area contributed by atoms with Crippen LogP contribution in [0.3, 0.4) is 0 Å². The van der Waals surface area contributed by atoms with Gasteiger partial charge < -0.3 is 14.2 Å². The molecule has 3 aromatic carbocycles. The second kappa shape index (κ2) is 12.7. The summed E-state index contributed by atoms with van der Waals surface area (Å²) in [5, 5.41) is 5.03. The van der Waals surface area contributed by atoms with Crippen LogP contribution < -0.4 is 14.9 Å². The number of aromatic nitrogens is 1. The molecular formula is C32H34N4O4. The summed E-state index contributed by atoms with van der Waals surface area (Å²) in [4.78, 5) is 20.6. The van der Waals surface area contributed by atoms with Crippen molar-refractivity contribution in [1.82, 2.24) is 15.3 Å². The van der Waals surface area contributed by atoms with Gasteiger partial charge in [-0.2, -0.15) is 5.10 Å². The lowest BCUT2D eigenvalue weighted by Crippen LogP contribution is -2.35. The number of nitrogens with zero attached hydrogens (tertiary/aromatic N) is 3. The van der Waals surface area contributed by atoms with Crippen molar-refractivity contribution >= 4 is 23.0 Å². The summed E-state index contributed by atoms with van der Waals surface area (Å²) < 4.78 is 17.1. The van der Waals surface area contributed by atoms with Gasteiger partial charge in [0, 0.05) is 36.1 Å². The number of carbonyl (C=O) groups excluding carboxylic acids is 1. The summed E-state index contributed by atoms with van der Waals surface area (Å²) in [5.74, 6) is 1.22. The molecule has 0 bridgehead atoms. The monoisotopic (exact) mass is 538 g/mol. The van der Waals surface area contributed by atoms with Crippen LogP contribution in [0.25, 0.3) is 22.2 Å². The summed E-state index contributed by atoms with van der Waals surface area (Å²) in [6, 6.07) is 23.0. The number of morpholine rings is 1. The van der Waals surface area contributed by atoms with Crippen LogP contribution in [0.5, 0.6) is 11.5 Å². The van der Waals surface area contributed by atoms with Crippen LogP contribution in [0, 0.1) is 0 Å². The van der Waals surface area contributed by atoms with Crippen molar-refractivity contribution in [3.8, 4) is 22.8 Å². The molecule has 2 heterocycles. The van der Waals surface area contributed by atoms with Crippen LogP contribution in [0.2, 0.25) is 0 Å². The molecule has 1 aliphatic rings. The summed E-state index contributed by atoms with van der Waals surface area (Å²) in [6.07, 6.45) is 1.65. The molecule has 40 heavy (non-hydrogen) atoms. The lowest BCUT2D eigenvalue weighted by atomic mass is 10.0. The van der Waals surface area contributed by atoms with E-state index in [9.17, 15) is 4.79 Å². The number of hydrogen-bond donors (Lipinski definition) is 1. The Labute approximate surface area is 234 Å². The van der Waals surface area contributed by atoms with Crippen LogP contribution in [-0.2, 0) is 11.3 Å². The highest BCUT2D eigenvalue weighted by Gasteiger charge is 2.17. The summed E-state index contributed by atoms with van der Waals surface area (Å²) in [5.41, 5.74) is 7.32. The standard InChI is InChI=1S/C32H34N4O4/c1-22(2)40-31-11-7-5-9-26(31)29-19-27(25-8-4-6-10-28(25)34-29)32(37)35-33-20-23-12-13-30(38-3)24(18-23)21-36-14-16-39-17-15-36/h4-13,18-20,22H,14-17,21H2,1-3H3,(H,35,37)/b33-20+. The number of rotatable bonds is 9. The molecule has 4 aromatic rings. The second-order valence-corrected chi connectivity index (χ2v) is 9.89. The molecular weight excluding hydrogens is 504 g/mol. The number of fused-ring (bicyclic) bond motifs is 1. The number of hydrazone groups is 1. The van der Waals surface area contributed by atoms with Crippen LogP contribution in [0.1, 0.15) is 35.3 Å². The molecule has 206 valence electrons. The van der Waals surface area contributed by atoms with E-state index in [1.165, 1.54) is 0 Å². The molecule has 1 amide bonds. The molecule has 5 rings (SSSR count). The number of methoxy groups -OCH3 is 1. The maximum absolute atomic E-state index is 13.4. The second-order valence-electron chi connectivity index (χ2n) is 9.89. The van der Waals surface area contributed by atoms with E-state index in [0.717, 1.165) is 71.9 Å². The van der Waals surface area contributed by atoms with Gasteiger partial charge in [0.05, 0.1) is 49.4 Å². The Balaban J connectivity index is 1.39. The molecule has 8 heteroatoms. The van der Waals surface area contributed by atoms with E-state index < -0.39 is 0 Å². The van der Waals surface area contributed by atoms with E-state index in [0.29, 0.717) is 11.3 Å². The maximum atomic E-state index is 13.4. The first-order valence-corrected chi connectivity index (χ1v) is 13.5. The van der Waals surface area contributed by atoms with Crippen LogP contribution >= 0.6 is 0 Å². The Morgan fingerprint density at radius 3 is 2.62 bits per heavy atom. The molecule has 0 radical (unpaired) electrons. The highest BCUT2D eigenvalue weighted by molar-refractivity contribution is 6.07. The van der Waals surface area contributed by atoms with Gasteiger partial charge in [-0.15, -0.1) is 0 Å². The normalized spacial score (nSPS) is 14.1. The Hall–Kier alpha value is -4.27. The fourth-order valence-corrected chi connectivity index (χ4v) is 4.76. The van der Waals surface area contributed by atoms with E-state index in [1.54, 1.807) is 19.4 Å². The van der Waals surface area contributed by atoms with Gasteiger partial charge in [-0.3, -0.25) is 9.69 Å². The number of ether oxygens (including phenoxy) is 3. The zero-order valence-corrected chi connectivity index (χ0v) is 23.1. The number of amides is 1. The zero-order chi connectivity index (χ0) is 27.9. The number of nitrogens with one attached hydrogen (secondary N) is 1. The summed E-state index contributed by atoms with van der Waals surface area (Å²) in [6.45, 7) is 7.95. The maximum Gasteiger partial charge on any atom is 0.272 e. The largest absolute Gasteiger partial charge is 0.496 e. The van der Waals surface area contributed by atoms with Crippen molar-refractivity contribution in [3.05, 3.63) is 89.5 Å². The average molecular weight is 539 g/mol. The lowest BCUT2D eigenvalue weighted by molar-refractivity contribution is 0.0339. The number of benzene rings is 3. The van der Waals surface area contributed by atoms with Gasteiger partial charge >= 0.3 is 0 Å². The van der Waals surface area contributed by atoms with E-state index in [1.807, 2.05) is 80.6 Å². The molecule has 1 fully saturated rings. The molecule has 0 aliphatic carbocycles. The quantitative estimate of drug-likeness (QED) is 0.230. The number of pyridine rings is 1. The van der Waals surface area contributed by atoms with Gasteiger partial charge in [0.15, 0.2) is 0 Å². The predicted molar refractivity (Wildman–Crippen MR) is 157 cm³/mol. The highest BCUT2D eigenvalue weighted by atomic mass is 16.5. The van der Waals surface area contributed by atoms with Crippen molar-refractivity contribution in [2.45, 2.75) is 26.5 Å². The first kappa shape index (κ1) is 27.3. The third kappa shape index (κ3) is 6.47. The van der Waals surface area contributed by atoms with Gasteiger partial charge in [0.2, 0.25) is 0 Å². The molecule has 8 nitrogen and oxygen atoms in total. The van der Waals surface area contributed by atoms with Gasteiger partial charge in [0.25, 0.3) is 5.91 Å².